The van der Waals surface area contributed by atoms with Gasteiger partial charge in [0.25, 0.3) is 0 Å². The summed E-state index contributed by atoms with van der Waals surface area (Å²) in [5, 5.41) is 10.0. The molecule has 0 fully saturated rings. The lowest BCUT2D eigenvalue weighted by Gasteiger charge is -1.97. The van der Waals surface area contributed by atoms with E-state index in [0.717, 1.165) is 0 Å². The summed E-state index contributed by atoms with van der Waals surface area (Å²) >= 11 is 1.31. The van der Waals surface area contributed by atoms with Gasteiger partial charge in [-0.3, -0.25) is 4.79 Å². The minimum atomic E-state index is -1.07. The molecule has 1 rings (SSSR count). The predicted molar refractivity (Wildman–Crippen MR) is 47.1 cm³/mol. The van der Waals surface area contributed by atoms with Crippen LogP contribution < -0.4 is 0 Å². The Labute approximate surface area is 78.8 Å². The van der Waals surface area contributed by atoms with Crippen molar-refractivity contribution in [1.82, 2.24) is 0 Å². The number of Topliss-reactive ketones (excluding diaryl/α,β-unsaturated/α-hetero) is 1. The molecule has 0 unspecified atom stereocenters. The number of thiophene rings is 1. The molecule has 0 aliphatic carbocycles. The molecule has 5 heteroatoms. The topological polar surface area (TPSA) is 63.6 Å². The number of carboxylic acids is 1. The van der Waals surface area contributed by atoms with Crippen molar-refractivity contribution < 1.29 is 19.4 Å². The highest BCUT2D eigenvalue weighted by molar-refractivity contribution is 7.12. The van der Waals surface area contributed by atoms with Gasteiger partial charge in [-0.2, -0.15) is 0 Å². The lowest BCUT2D eigenvalue weighted by Crippen LogP contribution is -2.13. The van der Waals surface area contributed by atoms with E-state index in [9.17, 15) is 9.59 Å². The summed E-state index contributed by atoms with van der Waals surface area (Å²) in [6.45, 7) is -0.607. The molecule has 0 radical (unpaired) electrons. The maximum atomic E-state index is 11.2. The fourth-order valence-electron chi connectivity index (χ4n) is 0.739. The molecular formula is C8H8O4S. The molecular weight excluding hydrogens is 192 g/mol. The molecule has 0 amide bonds. The van der Waals surface area contributed by atoms with Crippen LogP contribution in [0.5, 0.6) is 0 Å². The van der Waals surface area contributed by atoms with Crippen LogP contribution in [0.1, 0.15) is 9.67 Å². The molecule has 0 spiro atoms. The highest BCUT2D eigenvalue weighted by Gasteiger charge is 2.07. The number of ketones is 1. The van der Waals surface area contributed by atoms with Gasteiger partial charge in [-0.05, 0) is 11.4 Å². The minimum absolute atomic E-state index is 0.174. The quantitative estimate of drug-likeness (QED) is 0.721. The zero-order chi connectivity index (χ0) is 9.68. The van der Waals surface area contributed by atoms with Crippen LogP contribution >= 0.6 is 11.3 Å². The zero-order valence-electron chi connectivity index (χ0n) is 6.73. The Morgan fingerprint density at radius 2 is 2.23 bits per heavy atom. The second-order valence-corrected chi connectivity index (χ2v) is 3.23. The largest absolute Gasteiger partial charge is 0.480 e. The van der Waals surface area contributed by atoms with Crippen molar-refractivity contribution in [2.45, 2.75) is 0 Å². The van der Waals surface area contributed by atoms with Gasteiger partial charge in [-0.25, -0.2) is 4.79 Å². The lowest BCUT2D eigenvalue weighted by atomic mass is 10.3. The average molecular weight is 200 g/mol. The zero-order valence-corrected chi connectivity index (χ0v) is 7.54. The van der Waals surface area contributed by atoms with E-state index in [4.69, 9.17) is 5.11 Å². The fourth-order valence-corrected chi connectivity index (χ4v) is 1.39. The third kappa shape index (κ3) is 3.35. The number of hydrogen-bond donors (Lipinski definition) is 1. The third-order valence-electron chi connectivity index (χ3n) is 1.25. The summed E-state index contributed by atoms with van der Waals surface area (Å²) < 4.78 is 4.64. The van der Waals surface area contributed by atoms with Crippen LogP contribution in [0.25, 0.3) is 0 Å². The van der Waals surface area contributed by atoms with Crippen LogP contribution in [0.3, 0.4) is 0 Å². The van der Waals surface area contributed by atoms with E-state index in [2.05, 4.69) is 4.74 Å². The van der Waals surface area contributed by atoms with Crippen molar-refractivity contribution in [2.24, 2.45) is 0 Å². The van der Waals surface area contributed by atoms with Gasteiger partial charge in [-0.15, -0.1) is 11.3 Å². The summed E-state index contributed by atoms with van der Waals surface area (Å²) in [5.41, 5.74) is 0. The van der Waals surface area contributed by atoms with Gasteiger partial charge in [0.15, 0.2) is 5.78 Å². The van der Waals surface area contributed by atoms with Crippen molar-refractivity contribution >= 4 is 23.1 Å². The van der Waals surface area contributed by atoms with Gasteiger partial charge in [0.2, 0.25) is 0 Å². The number of hydrogen-bond acceptors (Lipinski definition) is 4. The highest BCUT2D eigenvalue weighted by atomic mass is 32.1. The molecule has 0 aliphatic heterocycles. The van der Waals surface area contributed by atoms with Gasteiger partial charge in [0.05, 0.1) is 4.88 Å². The summed E-state index contributed by atoms with van der Waals surface area (Å²) in [7, 11) is 0. The Bertz CT molecular complexity index is 291. The third-order valence-corrected chi connectivity index (χ3v) is 2.17. The molecule has 1 N–H and O–H groups in total. The van der Waals surface area contributed by atoms with Gasteiger partial charge in [0.1, 0.15) is 13.2 Å². The van der Waals surface area contributed by atoms with E-state index in [0.29, 0.717) is 4.88 Å². The van der Waals surface area contributed by atoms with E-state index >= 15 is 0 Å². The maximum Gasteiger partial charge on any atom is 0.329 e. The minimum Gasteiger partial charge on any atom is -0.480 e. The van der Waals surface area contributed by atoms with Gasteiger partial charge in [-0.1, -0.05) is 6.07 Å². The number of carboxylic acid groups (broad SMARTS) is 1. The highest BCUT2D eigenvalue weighted by Crippen LogP contribution is 2.08. The first-order valence-corrected chi connectivity index (χ1v) is 4.44. The number of carbonyl (C=O) groups excluding carboxylic acids is 1. The van der Waals surface area contributed by atoms with Gasteiger partial charge >= 0.3 is 5.97 Å². The Morgan fingerprint density at radius 1 is 1.46 bits per heavy atom. The van der Waals surface area contributed by atoms with E-state index in [1.165, 1.54) is 11.3 Å². The predicted octanol–water partition coefficient (Wildman–Crippen LogP) is 1.03. The molecule has 0 aliphatic rings. The summed E-state index contributed by atoms with van der Waals surface area (Å²) in [6.07, 6.45) is 0. The van der Waals surface area contributed by atoms with Crippen LogP contribution in [0.4, 0.5) is 0 Å². The number of rotatable bonds is 5. The molecule has 70 valence electrons. The normalized spacial score (nSPS) is 9.85. The second kappa shape index (κ2) is 4.74. The first kappa shape index (κ1) is 9.88. The first-order valence-electron chi connectivity index (χ1n) is 3.56. The summed E-state index contributed by atoms with van der Waals surface area (Å²) in [4.78, 5) is 21.8. The van der Waals surface area contributed by atoms with Crippen LogP contribution in [-0.4, -0.2) is 30.1 Å². The van der Waals surface area contributed by atoms with Crippen LogP contribution in [0, 0.1) is 0 Å². The molecule has 0 bridgehead atoms. The second-order valence-electron chi connectivity index (χ2n) is 2.29. The number of aliphatic carboxylic acids is 1. The molecule has 0 saturated heterocycles. The number of carbonyl (C=O) groups is 2. The van der Waals surface area contributed by atoms with Crippen molar-refractivity contribution in [3.05, 3.63) is 22.4 Å². The van der Waals surface area contributed by atoms with Gasteiger partial charge in [0, 0.05) is 0 Å². The lowest BCUT2D eigenvalue weighted by molar-refractivity contribution is -0.141. The standard InChI is InChI=1S/C8H8O4S/c9-6(4-12-5-8(10)11)7-2-1-3-13-7/h1-3H,4-5H2,(H,10,11). The van der Waals surface area contributed by atoms with Crippen LogP contribution in [0.15, 0.2) is 17.5 Å². The van der Waals surface area contributed by atoms with Crippen LogP contribution in [0.2, 0.25) is 0 Å². The average Bonchev–Trinajstić information content (AvgIpc) is 2.55. The number of ether oxygens (including phenoxy) is 1. The Kier molecular flexibility index (Phi) is 3.60. The molecule has 0 saturated carbocycles. The summed E-state index contributed by atoms with van der Waals surface area (Å²) in [6, 6.07) is 3.44. The molecule has 1 aromatic heterocycles. The van der Waals surface area contributed by atoms with Gasteiger partial charge < -0.3 is 9.84 Å². The Morgan fingerprint density at radius 3 is 2.77 bits per heavy atom. The molecule has 4 nitrogen and oxygen atoms in total. The Hall–Kier alpha value is -1.20. The monoisotopic (exact) mass is 200 g/mol. The van der Waals surface area contributed by atoms with Crippen molar-refractivity contribution in [3.63, 3.8) is 0 Å². The van der Waals surface area contributed by atoms with Crippen molar-refractivity contribution in [3.8, 4) is 0 Å². The molecule has 1 heterocycles. The molecule has 1 aromatic rings. The van der Waals surface area contributed by atoms with Crippen molar-refractivity contribution in [2.75, 3.05) is 13.2 Å². The Balaban J connectivity index is 2.31. The van der Waals surface area contributed by atoms with E-state index in [1.54, 1.807) is 17.5 Å². The maximum absolute atomic E-state index is 11.2. The van der Waals surface area contributed by atoms with Crippen LogP contribution in [-0.2, 0) is 9.53 Å². The van der Waals surface area contributed by atoms with E-state index in [-0.39, 0.29) is 12.4 Å². The molecule has 0 atom stereocenters. The first-order chi connectivity index (χ1) is 6.20. The molecule has 13 heavy (non-hydrogen) atoms. The SMILES string of the molecule is O=C(O)COCC(=O)c1cccs1. The van der Waals surface area contributed by atoms with E-state index in [1.807, 2.05) is 0 Å². The fraction of sp³-hybridized carbons (Fsp3) is 0.250. The smallest absolute Gasteiger partial charge is 0.329 e. The molecule has 0 aromatic carbocycles. The summed E-state index contributed by atoms with van der Waals surface area (Å²) in [5.74, 6) is -1.25. The van der Waals surface area contributed by atoms with Crippen molar-refractivity contribution in [1.29, 1.82) is 0 Å². The van der Waals surface area contributed by atoms with E-state index < -0.39 is 12.6 Å².